The summed E-state index contributed by atoms with van der Waals surface area (Å²) in [6, 6.07) is 13.8. The molecule has 0 atom stereocenters. The number of aliphatic hydroxyl groups is 1. The average Bonchev–Trinajstić information content (AvgIpc) is 2.80. The maximum absolute atomic E-state index is 13.0. The van der Waals surface area contributed by atoms with Crippen molar-refractivity contribution in [2.75, 3.05) is 37.6 Å². The zero-order chi connectivity index (χ0) is 23.6. The third-order valence-electron chi connectivity index (χ3n) is 5.53. The quantitative estimate of drug-likeness (QED) is 0.461. The maximum Gasteiger partial charge on any atom is 0.416 e. The minimum atomic E-state index is -4.40. The number of hydrogen-bond donors (Lipinski definition) is 2. The van der Waals surface area contributed by atoms with E-state index >= 15 is 0 Å². The fourth-order valence-electron chi connectivity index (χ4n) is 3.79. The number of fused-ring (bicyclic) bond motifs is 1. The Morgan fingerprint density at radius 2 is 1.85 bits per heavy atom. The number of anilines is 1. The van der Waals surface area contributed by atoms with E-state index in [-0.39, 0.29) is 23.7 Å². The Balaban J connectivity index is 1.48. The van der Waals surface area contributed by atoms with Crippen LogP contribution >= 0.6 is 0 Å². The number of nitrogens with zero attached hydrogens (tertiary/aromatic N) is 4. The molecule has 2 aromatic carbocycles. The number of piperazine rings is 1. The van der Waals surface area contributed by atoms with E-state index in [4.69, 9.17) is 0 Å². The smallest absolute Gasteiger partial charge is 0.416 e. The Morgan fingerprint density at radius 1 is 1.12 bits per heavy atom. The van der Waals surface area contributed by atoms with Crippen molar-refractivity contribution in [1.82, 2.24) is 14.9 Å². The molecule has 1 saturated heterocycles. The van der Waals surface area contributed by atoms with E-state index in [1.165, 1.54) is 6.07 Å². The topological polar surface area (TPSA) is 96.2 Å². The number of para-hydroxylation sites is 1. The Bertz CT molecular complexity index is 1300. The van der Waals surface area contributed by atoms with Crippen LogP contribution in [0.15, 0.2) is 59.1 Å². The summed E-state index contributed by atoms with van der Waals surface area (Å²) in [4.78, 5) is 22.9. The number of alkyl halides is 3. The Kier molecular flexibility index (Phi) is 6.07. The first kappa shape index (κ1) is 22.4. The highest BCUT2D eigenvalue weighted by Gasteiger charge is 2.31. The number of rotatable bonds is 4. The highest BCUT2D eigenvalue weighted by molar-refractivity contribution is 5.81. The van der Waals surface area contributed by atoms with Gasteiger partial charge in [0.2, 0.25) is 0 Å². The lowest BCUT2D eigenvalue weighted by molar-refractivity contribution is -0.137. The minimum Gasteiger partial charge on any atom is -0.509 e. The van der Waals surface area contributed by atoms with E-state index < -0.39 is 17.3 Å². The maximum atomic E-state index is 13.0. The number of nitriles is 1. The number of aromatic nitrogens is 2. The summed E-state index contributed by atoms with van der Waals surface area (Å²) >= 11 is 0. The number of hydrogen-bond acceptors (Lipinski definition) is 6. The van der Waals surface area contributed by atoms with Crippen LogP contribution in [0, 0.1) is 11.3 Å². The molecule has 1 fully saturated rings. The SMILES string of the molecule is N#C/C(=C(/O)CN1CCN(c2cccc(C(F)(F)F)c2)CC1)c1nc2ccccc2c(=O)[nH]1. The molecule has 3 aromatic rings. The molecule has 1 aliphatic heterocycles. The van der Waals surface area contributed by atoms with Gasteiger partial charge in [-0.3, -0.25) is 9.69 Å². The summed E-state index contributed by atoms with van der Waals surface area (Å²) in [5, 5.41) is 20.6. The lowest BCUT2D eigenvalue weighted by atomic mass is 10.1. The van der Waals surface area contributed by atoms with Crippen LogP contribution in [0.3, 0.4) is 0 Å². The molecule has 1 aliphatic rings. The summed E-state index contributed by atoms with van der Waals surface area (Å²) < 4.78 is 39.0. The Labute approximate surface area is 187 Å². The molecule has 0 spiro atoms. The van der Waals surface area contributed by atoms with Gasteiger partial charge in [0.15, 0.2) is 5.82 Å². The molecule has 0 aliphatic carbocycles. The predicted molar refractivity (Wildman–Crippen MR) is 118 cm³/mol. The molecule has 1 aromatic heterocycles. The van der Waals surface area contributed by atoms with Gasteiger partial charge < -0.3 is 15.0 Å². The molecule has 0 amide bonds. The van der Waals surface area contributed by atoms with Crippen molar-refractivity contribution in [3.8, 4) is 6.07 Å². The van der Waals surface area contributed by atoms with Crippen molar-refractivity contribution in [2.45, 2.75) is 6.18 Å². The fraction of sp³-hybridized carbons (Fsp3) is 0.261. The van der Waals surface area contributed by atoms with Crippen molar-refractivity contribution < 1.29 is 18.3 Å². The van der Waals surface area contributed by atoms with Crippen LogP contribution in [0.4, 0.5) is 18.9 Å². The molecule has 0 saturated carbocycles. The van der Waals surface area contributed by atoms with E-state index in [1.54, 1.807) is 30.3 Å². The number of allylic oxidation sites excluding steroid dienone is 1. The molecule has 0 unspecified atom stereocenters. The van der Waals surface area contributed by atoms with Gasteiger partial charge in [-0.05, 0) is 30.3 Å². The van der Waals surface area contributed by atoms with Crippen molar-refractivity contribution in [3.05, 3.63) is 76.0 Å². The highest BCUT2D eigenvalue weighted by atomic mass is 19.4. The summed E-state index contributed by atoms with van der Waals surface area (Å²) in [7, 11) is 0. The zero-order valence-electron chi connectivity index (χ0n) is 17.4. The van der Waals surface area contributed by atoms with E-state index in [0.717, 1.165) is 12.1 Å². The second-order valence-electron chi connectivity index (χ2n) is 7.68. The summed E-state index contributed by atoms with van der Waals surface area (Å²) in [6.07, 6.45) is -4.40. The molecule has 2 N–H and O–H groups in total. The Morgan fingerprint density at radius 3 is 2.55 bits per heavy atom. The van der Waals surface area contributed by atoms with Crippen LogP contribution < -0.4 is 10.5 Å². The van der Waals surface area contributed by atoms with Gasteiger partial charge in [-0.1, -0.05) is 18.2 Å². The minimum absolute atomic E-state index is 0.0127. The first-order valence-corrected chi connectivity index (χ1v) is 10.2. The summed E-state index contributed by atoms with van der Waals surface area (Å²) in [6.45, 7) is 1.92. The number of halogens is 3. The van der Waals surface area contributed by atoms with Gasteiger partial charge in [0.25, 0.3) is 5.56 Å². The van der Waals surface area contributed by atoms with Crippen molar-refractivity contribution in [3.63, 3.8) is 0 Å². The van der Waals surface area contributed by atoms with E-state index in [2.05, 4.69) is 9.97 Å². The number of H-pyrrole nitrogens is 1. The van der Waals surface area contributed by atoms with Crippen molar-refractivity contribution in [2.24, 2.45) is 0 Å². The molecular weight excluding hydrogens is 435 g/mol. The normalized spacial score (nSPS) is 15.9. The number of aliphatic hydroxyl groups excluding tert-OH is 1. The zero-order valence-corrected chi connectivity index (χ0v) is 17.4. The molecule has 7 nitrogen and oxygen atoms in total. The number of aromatic amines is 1. The molecule has 10 heteroatoms. The van der Waals surface area contributed by atoms with Crippen LogP contribution in [0.2, 0.25) is 0 Å². The van der Waals surface area contributed by atoms with Crippen LogP contribution in [0.5, 0.6) is 0 Å². The van der Waals surface area contributed by atoms with Crippen LogP contribution in [0.1, 0.15) is 11.4 Å². The second-order valence-corrected chi connectivity index (χ2v) is 7.68. The monoisotopic (exact) mass is 455 g/mol. The molecule has 4 rings (SSSR count). The van der Waals surface area contributed by atoms with E-state index in [1.807, 2.05) is 15.9 Å². The largest absolute Gasteiger partial charge is 0.509 e. The Hall–Kier alpha value is -3.84. The van der Waals surface area contributed by atoms with Gasteiger partial charge in [0.1, 0.15) is 17.4 Å². The molecule has 0 bridgehead atoms. The van der Waals surface area contributed by atoms with Crippen LogP contribution in [-0.4, -0.2) is 52.7 Å². The fourth-order valence-corrected chi connectivity index (χ4v) is 3.79. The van der Waals surface area contributed by atoms with Gasteiger partial charge in [0.05, 0.1) is 23.0 Å². The summed E-state index contributed by atoms with van der Waals surface area (Å²) in [5.41, 5.74) is -0.339. The second kappa shape index (κ2) is 8.96. The predicted octanol–water partition coefficient (Wildman–Crippen LogP) is 3.56. The standard InChI is InChI=1S/C23H20F3N5O2/c24-23(25,26)15-4-3-5-16(12-15)31-10-8-30(9-11-31)14-20(32)18(13-27)21-28-19-7-2-1-6-17(19)22(33)29-21/h1-7,12,32H,8-11,14H2,(H,28,29,33)/b20-18-. The van der Waals surface area contributed by atoms with Crippen molar-refractivity contribution in [1.29, 1.82) is 5.26 Å². The first-order valence-electron chi connectivity index (χ1n) is 10.2. The molecular formula is C23H20F3N5O2. The number of nitrogens with one attached hydrogen (secondary N) is 1. The summed E-state index contributed by atoms with van der Waals surface area (Å²) in [5.74, 6) is -0.246. The highest BCUT2D eigenvalue weighted by Crippen LogP contribution is 2.32. The average molecular weight is 455 g/mol. The molecule has 33 heavy (non-hydrogen) atoms. The van der Waals surface area contributed by atoms with E-state index in [9.17, 15) is 28.3 Å². The first-order chi connectivity index (χ1) is 15.8. The lowest BCUT2D eigenvalue weighted by Crippen LogP contribution is -2.47. The van der Waals surface area contributed by atoms with Gasteiger partial charge in [-0.2, -0.15) is 18.4 Å². The van der Waals surface area contributed by atoms with Crippen LogP contribution in [0.25, 0.3) is 16.5 Å². The van der Waals surface area contributed by atoms with Crippen LogP contribution in [-0.2, 0) is 6.18 Å². The molecule has 0 radical (unpaired) electrons. The lowest BCUT2D eigenvalue weighted by Gasteiger charge is -2.36. The van der Waals surface area contributed by atoms with Gasteiger partial charge in [-0.25, -0.2) is 4.98 Å². The third-order valence-corrected chi connectivity index (χ3v) is 5.53. The van der Waals surface area contributed by atoms with Gasteiger partial charge in [-0.15, -0.1) is 0 Å². The van der Waals surface area contributed by atoms with Gasteiger partial charge >= 0.3 is 6.18 Å². The van der Waals surface area contributed by atoms with Crippen molar-refractivity contribution >= 4 is 22.2 Å². The number of benzene rings is 2. The third kappa shape index (κ3) is 4.83. The molecule has 170 valence electrons. The van der Waals surface area contributed by atoms with Gasteiger partial charge in [0, 0.05) is 31.9 Å². The van der Waals surface area contributed by atoms with E-state index in [0.29, 0.717) is 42.8 Å². The molecule has 2 heterocycles.